The first kappa shape index (κ1) is 22.9. The van der Waals surface area contributed by atoms with Gasteiger partial charge in [-0.05, 0) is 50.2 Å². The molecule has 1 saturated carbocycles. The molecule has 176 valence electrons. The number of rotatable bonds is 6. The number of para-hydroxylation sites is 1. The van der Waals surface area contributed by atoms with Crippen molar-refractivity contribution in [2.24, 2.45) is 5.92 Å². The second-order valence-electron chi connectivity index (χ2n) is 9.41. The molecular weight excluding hydrogens is 422 g/mol. The van der Waals surface area contributed by atoms with Crippen LogP contribution in [0, 0.1) is 12.8 Å². The zero-order valence-electron chi connectivity index (χ0n) is 19.6. The predicted octanol–water partition coefficient (Wildman–Crippen LogP) is 4.00. The summed E-state index contributed by atoms with van der Waals surface area (Å²) >= 11 is 0. The van der Waals surface area contributed by atoms with Crippen molar-refractivity contribution in [3.63, 3.8) is 0 Å². The minimum absolute atomic E-state index is 0.102. The number of amides is 4. The van der Waals surface area contributed by atoms with Gasteiger partial charge < -0.3 is 15.2 Å². The molecule has 0 unspecified atom stereocenters. The van der Waals surface area contributed by atoms with Crippen molar-refractivity contribution in [3.05, 3.63) is 29.6 Å². The predicted molar refractivity (Wildman–Crippen MR) is 122 cm³/mol. The Morgan fingerprint density at radius 1 is 1.30 bits per heavy atom. The van der Waals surface area contributed by atoms with Crippen molar-refractivity contribution in [2.45, 2.75) is 71.3 Å². The van der Waals surface area contributed by atoms with Crippen LogP contribution in [0.4, 0.5) is 10.5 Å². The summed E-state index contributed by atoms with van der Waals surface area (Å²) in [4.78, 5) is 44.1. The summed E-state index contributed by atoms with van der Waals surface area (Å²) in [5, 5.41) is 9.72. The molecule has 1 aromatic carbocycles. The molecule has 1 aliphatic heterocycles. The Labute approximate surface area is 193 Å². The molecule has 1 aromatic heterocycles. The number of nitrogens with zero attached hydrogens (tertiary/aromatic N) is 3. The molecule has 2 heterocycles. The number of hydrogen-bond acceptors (Lipinski definition) is 6. The second kappa shape index (κ2) is 8.96. The molecule has 1 spiro atoms. The Bertz CT molecular complexity index is 1070. The lowest BCUT2D eigenvalue weighted by molar-refractivity contribution is -0.135. The van der Waals surface area contributed by atoms with Crippen LogP contribution in [-0.2, 0) is 9.59 Å². The van der Waals surface area contributed by atoms with Crippen molar-refractivity contribution in [2.75, 3.05) is 11.9 Å². The highest BCUT2D eigenvalue weighted by molar-refractivity contribution is 6.10. The van der Waals surface area contributed by atoms with Crippen LogP contribution in [0.3, 0.4) is 0 Å². The number of carbonyl (C=O) groups is 3. The topological polar surface area (TPSA) is 117 Å². The lowest BCUT2D eigenvalue weighted by Gasteiger charge is -2.34. The molecule has 2 aliphatic rings. The molecule has 2 aromatic rings. The van der Waals surface area contributed by atoms with Gasteiger partial charge in [0.1, 0.15) is 12.1 Å². The number of imide groups is 1. The number of nitrogens with one attached hydrogen (secondary N) is 2. The van der Waals surface area contributed by atoms with Crippen LogP contribution < -0.4 is 10.6 Å². The molecule has 4 amide bonds. The zero-order valence-corrected chi connectivity index (χ0v) is 19.6. The van der Waals surface area contributed by atoms with Crippen LogP contribution in [-0.4, -0.2) is 45.0 Å². The summed E-state index contributed by atoms with van der Waals surface area (Å²) in [6.45, 7) is 7.58. The van der Waals surface area contributed by atoms with Crippen LogP contribution in [0.25, 0.3) is 11.5 Å². The molecule has 9 heteroatoms. The van der Waals surface area contributed by atoms with Crippen molar-refractivity contribution < 1.29 is 18.9 Å². The summed E-state index contributed by atoms with van der Waals surface area (Å²) in [6.07, 6.45) is 4.11. The van der Waals surface area contributed by atoms with Gasteiger partial charge >= 0.3 is 6.03 Å². The Balaban J connectivity index is 1.49. The van der Waals surface area contributed by atoms with Gasteiger partial charge in [-0.3, -0.25) is 14.5 Å². The molecule has 1 aliphatic carbocycles. The van der Waals surface area contributed by atoms with E-state index in [2.05, 4.69) is 27.7 Å². The molecule has 0 bridgehead atoms. The summed E-state index contributed by atoms with van der Waals surface area (Å²) < 4.78 is 5.41. The van der Waals surface area contributed by atoms with Crippen LogP contribution >= 0.6 is 0 Å². The van der Waals surface area contributed by atoms with E-state index in [1.54, 1.807) is 6.07 Å². The fourth-order valence-corrected chi connectivity index (χ4v) is 4.65. The first-order valence-electron chi connectivity index (χ1n) is 11.6. The minimum Gasteiger partial charge on any atom is -0.334 e. The standard InChI is InChI=1S/C24H31N5O4/c1-5-16-9-11-24(12-10-16)22(31)29(23(32)27-24)13-18(30)25-19-15(4)7-6-8-17(19)21-26-20(14(2)3)28-33-21/h6-8,14,16H,5,9-13H2,1-4H3,(H,25,30)(H,27,32). The SMILES string of the molecule is CCC1CCC2(CC1)NC(=O)N(CC(=O)Nc1c(C)cccc1-c1nc(C(C)C)no1)C2=O. The molecule has 2 N–H and O–H groups in total. The van der Waals surface area contributed by atoms with Crippen LogP contribution in [0.1, 0.15) is 70.2 Å². The zero-order chi connectivity index (χ0) is 23.8. The molecule has 2 fully saturated rings. The summed E-state index contributed by atoms with van der Waals surface area (Å²) in [5.41, 5.74) is 1.05. The highest BCUT2D eigenvalue weighted by Gasteiger charge is 2.52. The third-order valence-electron chi connectivity index (χ3n) is 6.81. The van der Waals surface area contributed by atoms with E-state index in [-0.39, 0.29) is 18.4 Å². The Kier molecular flexibility index (Phi) is 6.23. The lowest BCUT2D eigenvalue weighted by Crippen LogP contribution is -2.49. The van der Waals surface area contributed by atoms with Gasteiger partial charge in [0.2, 0.25) is 5.91 Å². The quantitative estimate of drug-likeness (QED) is 0.639. The summed E-state index contributed by atoms with van der Waals surface area (Å²) in [5.74, 6) is 0.797. The molecule has 0 radical (unpaired) electrons. The Morgan fingerprint density at radius 3 is 2.67 bits per heavy atom. The Morgan fingerprint density at radius 2 is 2.03 bits per heavy atom. The van der Waals surface area contributed by atoms with E-state index >= 15 is 0 Å². The fourth-order valence-electron chi connectivity index (χ4n) is 4.65. The second-order valence-corrected chi connectivity index (χ2v) is 9.41. The maximum atomic E-state index is 13.1. The molecule has 1 saturated heterocycles. The molecule has 33 heavy (non-hydrogen) atoms. The van der Waals surface area contributed by atoms with Gasteiger partial charge in [-0.25, -0.2) is 4.79 Å². The molecular formula is C24H31N5O4. The van der Waals surface area contributed by atoms with Crippen LogP contribution in [0.5, 0.6) is 0 Å². The number of aromatic nitrogens is 2. The third kappa shape index (κ3) is 4.36. The fraction of sp³-hybridized carbons (Fsp3) is 0.542. The number of carbonyl (C=O) groups excluding carboxylic acids is 3. The number of aryl methyl sites for hydroxylation is 1. The maximum absolute atomic E-state index is 13.1. The molecule has 0 atom stereocenters. The van der Waals surface area contributed by atoms with E-state index < -0.39 is 17.5 Å². The van der Waals surface area contributed by atoms with E-state index in [1.165, 1.54) is 0 Å². The van der Waals surface area contributed by atoms with Gasteiger partial charge in [0.15, 0.2) is 5.82 Å². The summed E-state index contributed by atoms with van der Waals surface area (Å²) in [6, 6.07) is 4.98. The van der Waals surface area contributed by atoms with Gasteiger partial charge in [0.25, 0.3) is 11.8 Å². The average molecular weight is 454 g/mol. The van der Waals surface area contributed by atoms with E-state index in [1.807, 2.05) is 32.9 Å². The monoisotopic (exact) mass is 453 g/mol. The van der Waals surface area contributed by atoms with Crippen molar-refractivity contribution in [3.8, 4) is 11.5 Å². The Hall–Kier alpha value is -3.23. The van der Waals surface area contributed by atoms with E-state index in [0.717, 1.165) is 29.7 Å². The minimum atomic E-state index is -0.867. The summed E-state index contributed by atoms with van der Waals surface area (Å²) in [7, 11) is 0. The number of urea groups is 1. The number of benzene rings is 1. The molecule has 4 rings (SSSR count). The van der Waals surface area contributed by atoms with Gasteiger partial charge in [-0.15, -0.1) is 0 Å². The van der Waals surface area contributed by atoms with E-state index in [4.69, 9.17) is 4.52 Å². The van der Waals surface area contributed by atoms with Gasteiger partial charge in [0.05, 0.1) is 11.3 Å². The highest BCUT2D eigenvalue weighted by atomic mass is 16.5. The van der Waals surface area contributed by atoms with Crippen LogP contribution in [0.2, 0.25) is 0 Å². The van der Waals surface area contributed by atoms with Crippen LogP contribution in [0.15, 0.2) is 22.7 Å². The van der Waals surface area contributed by atoms with Crippen molar-refractivity contribution in [1.29, 1.82) is 0 Å². The van der Waals surface area contributed by atoms with Crippen molar-refractivity contribution in [1.82, 2.24) is 20.4 Å². The highest BCUT2D eigenvalue weighted by Crippen LogP contribution is 2.37. The molecule has 9 nitrogen and oxygen atoms in total. The van der Waals surface area contributed by atoms with Gasteiger partial charge in [-0.1, -0.05) is 44.5 Å². The van der Waals surface area contributed by atoms with Crippen molar-refractivity contribution >= 4 is 23.5 Å². The normalized spacial score (nSPS) is 22.8. The number of hydrogen-bond donors (Lipinski definition) is 2. The largest absolute Gasteiger partial charge is 0.334 e. The average Bonchev–Trinajstić information content (AvgIpc) is 3.36. The first-order chi connectivity index (χ1) is 15.7. The van der Waals surface area contributed by atoms with Gasteiger partial charge in [-0.2, -0.15) is 4.98 Å². The van der Waals surface area contributed by atoms with E-state index in [9.17, 15) is 14.4 Å². The number of anilines is 1. The third-order valence-corrected chi connectivity index (χ3v) is 6.81. The van der Waals surface area contributed by atoms with E-state index in [0.29, 0.717) is 41.7 Å². The first-order valence-corrected chi connectivity index (χ1v) is 11.6. The lowest BCUT2D eigenvalue weighted by atomic mass is 9.75. The van der Waals surface area contributed by atoms with Gasteiger partial charge in [0, 0.05) is 5.92 Å². The maximum Gasteiger partial charge on any atom is 0.325 e. The smallest absolute Gasteiger partial charge is 0.325 e.